The van der Waals surface area contributed by atoms with Gasteiger partial charge in [0.05, 0.1) is 43.3 Å². The van der Waals surface area contributed by atoms with E-state index in [1.165, 1.54) is 6.92 Å². The smallest absolute Gasteiger partial charge is 0.243 e. The van der Waals surface area contributed by atoms with Crippen LogP contribution in [0.5, 0.6) is 0 Å². The van der Waals surface area contributed by atoms with Crippen LogP contribution in [-0.4, -0.2) is 170 Å². The molecule has 0 bridgehead atoms. The number of nitrogens with two attached hydrogens (primary N) is 4. The number of carbonyl (C=O) groups is 13. The molecule has 0 spiro atoms. The van der Waals surface area contributed by atoms with Crippen molar-refractivity contribution < 1.29 is 66.5 Å². The van der Waals surface area contributed by atoms with Crippen molar-refractivity contribution >= 4 is 77.0 Å². The van der Waals surface area contributed by atoms with Crippen LogP contribution in [0.2, 0.25) is 2.82 Å². The van der Waals surface area contributed by atoms with Crippen LogP contribution >= 0.6 is 0 Å². The van der Waals surface area contributed by atoms with E-state index in [2.05, 4.69) is 69.9 Å². The standard InChI is InChI=1S/C64H88N12O10.C18H20N2O2.C7H15NO/c1-41(2)33-51(75-63(85)53(37-45-25-13-7-14-26-45)73-57(79)47(65)35-43-21-9-5-10-22-43)61(83)71-49-29-17-19-31-67-56(78)40-70-60(82)50(30-18-20-32-68-55(77)39-69-59(49)81)72-62(84)52(34-42(3)4)76-64(86)54(38-46-27-15-8-16-28-46)74-58(80)48(66)36-44-23-11-6-12-24-44;19-17(12-15-9-5-2-6-10-15)18(22)20-16(13-21)11-14-7-3-1-4-8-14;1-5(2)4-7(8)6(3)9/h5-16,21-28,41-42,47-54H,17-20,29-40,65-66H2,1-4H3,(H,67,78)(H,68,77)(H,69,81)(H,70,82)(H,71,83)(H,72,84)(H,73,79)(H,74,80)(H,75,85)(H,76,86);1-10,13,16-17H,11-12,19H2,(H,20,22);5,7H,4,8H2,1-3H3/t47-,48-,49-,50-,51-,52-,53-,54-;16-,17-;7-/m100/s1/i;13D;/hD2. The zero-order valence-corrected chi connectivity index (χ0v) is 68.3. The average Bonchev–Trinajstić information content (AvgIpc) is 0.853. The van der Waals surface area contributed by atoms with E-state index in [0.29, 0.717) is 38.0 Å². The number of hydrogen-bond donors (Lipinski definition) is 15. The number of ketones is 1. The Morgan fingerprint density at radius 2 is 0.684 bits per heavy atom. The molecule has 1 fully saturated rings. The maximum atomic E-state index is 14.2. The minimum atomic E-state index is -1.16. The molecular weight excluding hydrogens is 1490 g/mol. The van der Waals surface area contributed by atoms with E-state index in [1.54, 1.807) is 24.3 Å². The number of hydrogen-bond acceptors (Lipinski definition) is 17. The molecule has 1 saturated heterocycles. The first kappa shape index (κ1) is 91.2. The van der Waals surface area contributed by atoms with Gasteiger partial charge in [0.2, 0.25) is 65.0 Å². The Labute approximate surface area is 692 Å². The Morgan fingerprint density at radius 1 is 0.385 bits per heavy atom. The van der Waals surface area contributed by atoms with Crippen LogP contribution in [0, 0.1) is 17.8 Å². The fraction of sp³-hybridized carbons (Fsp3) is 0.449. The van der Waals surface area contributed by atoms with Crippen molar-refractivity contribution in [3.63, 3.8) is 0 Å². The molecule has 0 aromatic heterocycles. The maximum absolute atomic E-state index is 14.2. The van der Waals surface area contributed by atoms with Gasteiger partial charge in [-0.3, -0.25) is 57.5 Å². The lowest BCUT2D eigenvalue weighted by molar-refractivity contribution is -0.134. The Hall–Kier alpha value is -11.3. The highest BCUT2D eigenvalue weighted by molar-refractivity contribution is 5.97. The van der Waals surface area contributed by atoms with Gasteiger partial charge in [-0.1, -0.05) is 224 Å². The molecule has 28 heteroatoms. The Kier molecular flexibility index (Phi) is 41.3. The van der Waals surface area contributed by atoms with Gasteiger partial charge in [0.1, 0.15) is 52.5 Å². The molecule has 6 aromatic carbocycles. The van der Waals surface area contributed by atoms with Gasteiger partial charge in [0.25, 0.3) is 0 Å². The van der Waals surface area contributed by atoms with Crippen LogP contribution in [0.25, 0.3) is 0 Å². The monoisotopic (exact) mass is 1610 g/mol. The molecule has 0 aliphatic carbocycles. The highest BCUT2D eigenvalue weighted by atomic mass is 16.2. The van der Waals surface area contributed by atoms with E-state index >= 15 is 0 Å². The van der Waals surface area contributed by atoms with Crippen LogP contribution < -0.4 is 81.4 Å². The first-order chi connectivity index (χ1) is 57.4. The number of benzene rings is 6. The lowest BCUT2D eigenvalue weighted by Gasteiger charge is -2.27. The first-order valence-corrected chi connectivity index (χ1v) is 40.2. The minimum Gasteiger partial charge on any atom is -0.355 e. The van der Waals surface area contributed by atoms with Gasteiger partial charge in [-0.2, -0.15) is 0 Å². The second-order valence-electron chi connectivity index (χ2n) is 30.6. The third-order valence-corrected chi connectivity index (χ3v) is 18.9. The van der Waals surface area contributed by atoms with Crippen molar-refractivity contribution in [3.8, 4) is 0 Å². The van der Waals surface area contributed by atoms with Crippen LogP contribution in [0.3, 0.4) is 0 Å². The van der Waals surface area contributed by atoms with Gasteiger partial charge in [0.15, 0.2) is 0 Å². The molecule has 0 radical (unpaired) electrons. The van der Waals surface area contributed by atoms with E-state index in [9.17, 15) is 62.3 Å². The van der Waals surface area contributed by atoms with Crippen molar-refractivity contribution in [1.82, 2.24) is 58.5 Å². The van der Waals surface area contributed by atoms with E-state index < -0.39 is 145 Å². The zero-order chi connectivity index (χ0) is 87.9. The van der Waals surface area contributed by atoms with E-state index in [1.807, 2.05) is 199 Å². The molecule has 28 nitrogen and oxygen atoms in total. The Morgan fingerprint density at radius 3 is 0.983 bits per heavy atom. The summed E-state index contributed by atoms with van der Waals surface area (Å²) in [5.74, 6) is -6.24. The largest absolute Gasteiger partial charge is 0.355 e. The molecule has 1 aliphatic heterocycles. The fourth-order valence-electron chi connectivity index (χ4n) is 12.6. The van der Waals surface area contributed by atoms with Crippen molar-refractivity contribution in [2.45, 2.75) is 211 Å². The van der Waals surface area contributed by atoms with Gasteiger partial charge >= 0.3 is 0 Å². The topological polar surface area (TPSA) is 458 Å². The number of Topliss-reactive ketones (excluding diaryl/α,β-unsaturated/α-hetero) is 1. The summed E-state index contributed by atoms with van der Waals surface area (Å²) in [5, 5.41) is 30.1. The number of carbonyl (C=O) groups excluding carboxylic acids is 13. The molecule has 1 aliphatic rings. The molecule has 632 valence electrons. The average molecular weight is 1610 g/mol. The normalized spacial score (nSPS) is 17.0. The zero-order valence-electron chi connectivity index (χ0n) is 71.3. The Bertz CT molecular complexity index is 3980. The maximum Gasteiger partial charge on any atom is 0.243 e. The fourth-order valence-corrected chi connectivity index (χ4v) is 12.6. The molecule has 11 amide bonds. The minimum absolute atomic E-state index is 0.0451. The quantitative estimate of drug-likeness (QED) is 0.0248. The van der Waals surface area contributed by atoms with Crippen molar-refractivity contribution in [3.05, 3.63) is 215 Å². The van der Waals surface area contributed by atoms with Gasteiger partial charge in [-0.05, 0) is 142 Å². The molecule has 117 heavy (non-hydrogen) atoms. The number of rotatable bonds is 36. The molecule has 19 N–H and O–H groups in total. The number of aldehydes is 1. The van der Waals surface area contributed by atoms with Gasteiger partial charge in [-0.25, -0.2) is 0 Å². The molecule has 7 rings (SSSR count). The van der Waals surface area contributed by atoms with Crippen LogP contribution in [0.15, 0.2) is 182 Å². The third kappa shape index (κ3) is 38.8. The van der Waals surface area contributed by atoms with Crippen LogP contribution in [0.1, 0.15) is 141 Å². The van der Waals surface area contributed by atoms with Crippen molar-refractivity contribution in [2.24, 2.45) is 40.7 Å². The predicted octanol–water partition coefficient (Wildman–Crippen LogP) is 3.86. The van der Waals surface area contributed by atoms with E-state index in [-0.39, 0.29) is 94.5 Å². The second kappa shape index (κ2) is 53.0. The molecule has 0 unspecified atom stereocenters. The summed E-state index contributed by atoms with van der Waals surface area (Å²) in [5.41, 5.74) is 22.0. The molecule has 1 heterocycles. The van der Waals surface area contributed by atoms with Crippen molar-refractivity contribution in [1.29, 1.82) is 0 Å². The predicted molar refractivity (Wildman–Crippen MR) is 451 cm³/mol. The summed E-state index contributed by atoms with van der Waals surface area (Å²) in [6.07, 6.45) is 2.89. The summed E-state index contributed by atoms with van der Waals surface area (Å²) in [6.45, 7) is 12.4. The summed E-state index contributed by atoms with van der Waals surface area (Å²) < 4.78 is 21.6. The SMILES string of the molecule is CC(C)C[C@@H](NC(=O)[C@@H](Cc1ccccc1)NC(=O)[C@H](N)Cc1ccccc1)C(=O)N[C@@H]1CCCCNC(=O)CNC(=O)[C@H](NC(=O)[C@@H](CC(C)C)NC(=O)[C@@H](Cc2ccccc2)NC(=O)[C@H](N)Cc2ccccc2)CCCCNC(=O)CNC1=O.[2H]N[C@@H](CC(C)C)C(C)=O.[2H]N[C@@H](Cc1ccccc1)C(=O)N[C@@H](Cc1ccccc1)C([2H])=O. The molecule has 0 saturated carbocycles. The first-order valence-electron chi connectivity index (χ1n) is 41.7. The Balaban J connectivity index is 0.000000618. The summed E-state index contributed by atoms with van der Waals surface area (Å²) >= 11 is 0. The lowest BCUT2D eigenvalue weighted by Crippen LogP contribution is -2.58. The number of amides is 11. The van der Waals surface area contributed by atoms with E-state index in [0.717, 1.165) is 39.8 Å². The molecule has 6 aromatic rings. The van der Waals surface area contributed by atoms with Gasteiger partial charge in [0, 0.05) is 25.9 Å². The highest BCUT2D eigenvalue weighted by Gasteiger charge is 2.34. The van der Waals surface area contributed by atoms with Crippen LogP contribution in [0.4, 0.5) is 0 Å². The van der Waals surface area contributed by atoms with Crippen molar-refractivity contribution in [2.75, 3.05) is 26.2 Å². The molecular formula is C89H123N15O13. The third-order valence-electron chi connectivity index (χ3n) is 18.9. The summed E-state index contributed by atoms with van der Waals surface area (Å²) in [6, 6.07) is 44.4. The number of nitrogens with one attached hydrogen (secondary N) is 11. The van der Waals surface area contributed by atoms with Gasteiger partial charge < -0.3 is 86.2 Å². The second-order valence-corrected chi connectivity index (χ2v) is 30.6. The summed E-state index contributed by atoms with van der Waals surface area (Å²) in [4.78, 5) is 172. The summed E-state index contributed by atoms with van der Waals surface area (Å²) in [7, 11) is 0. The van der Waals surface area contributed by atoms with Crippen LogP contribution in [-0.2, 0) is 101 Å². The highest BCUT2D eigenvalue weighted by Crippen LogP contribution is 2.16. The lowest BCUT2D eigenvalue weighted by atomic mass is 9.99. The molecule has 11 atom stereocenters. The van der Waals surface area contributed by atoms with Gasteiger partial charge in [-0.15, -0.1) is 0 Å². The van der Waals surface area contributed by atoms with E-state index in [4.69, 9.17) is 15.7 Å².